The van der Waals surface area contributed by atoms with Crippen molar-refractivity contribution in [2.45, 2.75) is 52.5 Å². The van der Waals surface area contributed by atoms with E-state index < -0.39 is 0 Å². The number of anilines is 2. The summed E-state index contributed by atoms with van der Waals surface area (Å²) < 4.78 is 5.63. The summed E-state index contributed by atoms with van der Waals surface area (Å²) in [6.07, 6.45) is 4.23. The van der Waals surface area contributed by atoms with Gasteiger partial charge in [0, 0.05) is 19.0 Å². The highest BCUT2D eigenvalue weighted by Gasteiger charge is 2.20. The van der Waals surface area contributed by atoms with Gasteiger partial charge in [0.15, 0.2) is 5.82 Å². The molecule has 0 bridgehead atoms. The van der Waals surface area contributed by atoms with Crippen molar-refractivity contribution in [1.29, 1.82) is 0 Å². The van der Waals surface area contributed by atoms with Crippen LogP contribution in [0.25, 0.3) is 0 Å². The Balaban J connectivity index is 2.26. The second kappa shape index (κ2) is 6.59. The standard InChI is InChI=1S/C14H24N4O/c1-4-7-10(5-2)16-13-12-14(19-9-8-15-12)18-11(6-3)17-13/h10,15H,4-9H2,1-3H3,(H,16,17,18). The molecule has 0 amide bonds. The summed E-state index contributed by atoms with van der Waals surface area (Å²) in [5.41, 5.74) is 0.915. The number of aromatic nitrogens is 2. The van der Waals surface area contributed by atoms with Gasteiger partial charge in [0.05, 0.1) is 0 Å². The van der Waals surface area contributed by atoms with Crippen LogP contribution in [0.4, 0.5) is 11.5 Å². The van der Waals surface area contributed by atoms with Crippen LogP contribution < -0.4 is 15.4 Å². The molecule has 5 heteroatoms. The Hall–Kier alpha value is -1.52. The molecule has 5 nitrogen and oxygen atoms in total. The Labute approximate surface area is 115 Å². The van der Waals surface area contributed by atoms with Crippen molar-refractivity contribution in [3.05, 3.63) is 5.82 Å². The topological polar surface area (TPSA) is 59.1 Å². The van der Waals surface area contributed by atoms with Crippen molar-refractivity contribution in [1.82, 2.24) is 9.97 Å². The second-order valence-electron chi connectivity index (χ2n) is 4.84. The Kier molecular flexibility index (Phi) is 4.82. The van der Waals surface area contributed by atoms with Gasteiger partial charge in [-0.25, -0.2) is 4.98 Å². The fourth-order valence-corrected chi connectivity index (χ4v) is 2.25. The third kappa shape index (κ3) is 3.28. The molecular weight excluding hydrogens is 240 g/mol. The van der Waals surface area contributed by atoms with Crippen LogP contribution in [0.15, 0.2) is 0 Å². The van der Waals surface area contributed by atoms with Crippen LogP contribution >= 0.6 is 0 Å². The fourth-order valence-electron chi connectivity index (χ4n) is 2.25. The smallest absolute Gasteiger partial charge is 0.243 e. The number of hydrogen-bond acceptors (Lipinski definition) is 5. The molecule has 0 radical (unpaired) electrons. The molecule has 0 aliphatic carbocycles. The van der Waals surface area contributed by atoms with E-state index in [1.165, 1.54) is 6.42 Å². The average molecular weight is 264 g/mol. The van der Waals surface area contributed by atoms with Crippen molar-refractivity contribution >= 4 is 11.5 Å². The maximum atomic E-state index is 5.63. The van der Waals surface area contributed by atoms with E-state index in [9.17, 15) is 0 Å². The minimum atomic E-state index is 0.456. The lowest BCUT2D eigenvalue weighted by Crippen LogP contribution is -2.25. The Morgan fingerprint density at radius 1 is 1.32 bits per heavy atom. The lowest BCUT2D eigenvalue weighted by Gasteiger charge is -2.24. The predicted octanol–water partition coefficient (Wildman–Crippen LogP) is 2.83. The molecule has 1 aliphatic rings. The van der Waals surface area contributed by atoms with Crippen molar-refractivity contribution in [2.24, 2.45) is 0 Å². The van der Waals surface area contributed by atoms with Crippen LogP contribution in [-0.4, -0.2) is 29.2 Å². The molecule has 0 aromatic carbocycles. The maximum absolute atomic E-state index is 5.63. The Bertz CT molecular complexity index is 422. The van der Waals surface area contributed by atoms with Crippen LogP contribution in [0.3, 0.4) is 0 Å². The summed E-state index contributed by atoms with van der Waals surface area (Å²) in [7, 11) is 0. The molecule has 106 valence electrons. The van der Waals surface area contributed by atoms with Crippen LogP contribution in [0.2, 0.25) is 0 Å². The minimum absolute atomic E-state index is 0.456. The SMILES string of the molecule is CCCC(CC)Nc1nc(CC)nc2c1NCCO2. The molecule has 0 fully saturated rings. The van der Waals surface area contributed by atoms with Crippen LogP contribution in [-0.2, 0) is 6.42 Å². The first kappa shape index (κ1) is 13.9. The van der Waals surface area contributed by atoms with Crippen molar-refractivity contribution in [3.8, 4) is 5.88 Å². The first-order valence-corrected chi connectivity index (χ1v) is 7.32. The molecular formula is C14H24N4O. The maximum Gasteiger partial charge on any atom is 0.243 e. The third-order valence-electron chi connectivity index (χ3n) is 3.35. The lowest BCUT2D eigenvalue weighted by molar-refractivity contribution is 0.308. The molecule has 1 aliphatic heterocycles. The molecule has 0 saturated heterocycles. The molecule has 2 heterocycles. The van der Waals surface area contributed by atoms with Gasteiger partial charge in [-0.1, -0.05) is 27.2 Å². The van der Waals surface area contributed by atoms with Gasteiger partial charge in [-0.05, 0) is 12.8 Å². The minimum Gasteiger partial charge on any atom is -0.474 e. The zero-order valence-corrected chi connectivity index (χ0v) is 12.1. The van der Waals surface area contributed by atoms with E-state index in [4.69, 9.17) is 4.74 Å². The van der Waals surface area contributed by atoms with E-state index in [0.29, 0.717) is 18.5 Å². The van der Waals surface area contributed by atoms with Gasteiger partial charge in [-0.3, -0.25) is 0 Å². The van der Waals surface area contributed by atoms with Gasteiger partial charge in [0.2, 0.25) is 5.88 Å². The summed E-state index contributed by atoms with van der Waals surface area (Å²) in [6.45, 7) is 7.94. The van der Waals surface area contributed by atoms with Gasteiger partial charge in [-0.15, -0.1) is 0 Å². The van der Waals surface area contributed by atoms with E-state index in [0.717, 1.165) is 43.1 Å². The number of fused-ring (bicyclic) bond motifs is 1. The van der Waals surface area contributed by atoms with Gasteiger partial charge >= 0.3 is 0 Å². The number of ether oxygens (including phenoxy) is 1. The zero-order chi connectivity index (χ0) is 13.7. The van der Waals surface area contributed by atoms with Gasteiger partial charge in [-0.2, -0.15) is 4.98 Å². The Morgan fingerprint density at radius 3 is 2.84 bits per heavy atom. The first-order valence-electron chi connectivity index (χ1n) is 7.32. The summed E-state index contributed by atoms with van der Waals surface area (Å²) in [5.74, 6) is 2.41. The van der Waals surface area contributed by atoms with Crippen molar-refractivity contribution in [2.75, 3.05) is 23.8 Å². The van der Waals surface area contributed by atoms with Crippen LogP contribution in [0, 0.1) is 0 Å². The highest BCUT2D eigenvalue weighted by Crippen LogP contribution is 2.32. The lowest BCUT2D eigenvalue weighted by atomic mass is 10.1. The van der Waals surface area contributed by atoms with Crippen LogP contribution in [0.1, 0.15) is 45.9 Å². The monoisotopic (exact) mass is 264 g/mol. The third-order valence-corrected chi connectivity index (χ3v) is 3.35. The Morgan fingerprint density at radius 2 is 2.16 bits per heavy atom. The average Bonchev–Trinajstić information content (AvgIpc) is 2.46. The largest absolute Gasteiger partial charge is 0.474 e. The van der Waals surface area contributed by atoms with Crippen molar-refractivity contribution < 1.29 is 4.74 Å². The number of nitrogens with zero attached hydrogens (tertiary/aromatic N) is 2. The summed E-state index contributed by atoms with van der Waals surface area (Å²) >= 11 is 0. The molecule has 2 rings (SSSR count). The van der Waals surface area contributed by atoms with Crippen molar-refractivity contribution in [3.63, 3.8) is 0 Å². The molecule has 1 aromatic heterocycles. The quantitative estimate of drug-likeness (QED) is 0.827. The molecule has 0 spiro atoms. The van der Waals surface area contributed by atoms with Gasteiger partial charge in [0.1, 0.15) is 18.1 Å². The van der Waals surface area contributed by atoms with E-state index in [2.05, 4.69) is 41.4 Å². The predicted molar refractivity (Wildman–Crippen MR) is 78.0 cm³/mol. The molecule has 1 aromatic rings. The normalized spacial score (nSPS) is 15.1. The number of rotatable bonds is 6. The van der Waals surface area contributed by atoms with Gasteiger partial charge in [0.25, 0.3) is 0 Å². The van der Waals surface area contributed by atoms with E-state index in [-0.39, 0.29) is 0 Å². The summed E-state index contributed by atoms with van der Waals surface area (Å²) in [5, 5.41) is 6.88. The molecule has 19 heavy (non-hydrogen) atoms. The van der Waals surface area contributed by atoms with Gasteiger partial charge < -0.3 is 15.4 Å². The number of hydrogen-bond donors (Lipinski definition) is 2. The number of nitrogens with one attached hydrogen (secondary N) is 2. The van der Waals surface area contributed by atoms with E-state index in [1.54, 1.807) is 0 Å². The highest BCUT2D eigenvalue weighted by molar-refractivity contribution is 5.71. The zero-order valence-electron chi connectivity index (χ0n) is 12.1. The first-order chi connectivity index (χ1) is 9.28. The molecule has 0 saturated carbocycles. The molecule has 1 atom stereocenters. The van der Waals surface area contributed by atoms with E-state index >= 15 is 0 Å². The highest BCUT2D eigenvalue weighted by atomic mass is 16.5. The summed E-state index contributed by atoms with van der Waals surface area (Å²) in [4.78, 5) is 9.05. The molecule has 1 unspecified atom stereocenters. The van der Waals surface area contributed by atoms with Crippen LogP contribution in [0.5, 0.6) is 5.88 Å². The fraction of sp³-hybridized carbons (Fsp3) is 0.714. The van der Waals surface area contributed by atoms with E-state index in [1.807, 2.05) is 0 Å². The second-order valence-corrected chi connectivity index (χ2v) is 4.84. The summed E-state index contributed by atoms with van der Waals surface area (Å²) in [6, 6.07) is 0.456. The number of aryl methyl sites for hydroxylation is 1. The molecule has 2 N–H and O–H groups in total.